The number of aromatic nitrogens is 4. The van der Waals surface area contributed by atoms with Crippen LogP contribution in [0, 0.1) is 18.6 Å². The average Bonchev–Trinajstić information content (AvgIpc) is 3.42. The Balaban J connectivity index is 1.33. The summed E-state index contributed by atoms with van der Waals surface area (Å²) in [5, 5.41) is 10.6. The standard InChI is InChI=1S/C23H21ClF2N6O2/c1-11-5-19(34-32-11)23(33)30-14-4-2-3-13(8-14)29-22-18(26)10-28-21(31-22)16-9-27-20-15(16)6-12(24)7-17(20)25/h5-7,9-10,13-14,27H,2-4,8H2,1H3,(H,30,33)(H,28,29,31)/t13-,14+/m0/s1. The second kappa shape index (κ2) is 9.02. The van der Waals surface area contributed by atoms with Crippen LogP contribution in [0.5, 0.6) is 0 Å². The van der Waals surface area contributed by atoms with Crippen molar-refractivity contribution in [3.05, 3.63) is 58.7 Å². The highest BCUT2D eigenvalue weighted by Gasteiger charge is 2.26. The molecule has 8 nitrogen and oxygen atoms in total. The number of carbonyl (C=O) groups is 1. The van der Waals surface area contributed by atoms with Crippen LogP contribution in [0.3, 0.4) is 0 Å². The van der Waals surface area contributed by atoms with Crippen LogP contribution < -0.4 is 10.6 Å². The number of nitrogens with zero attached hydrogens (tertiary/aromatic N) is 3. The maximum absolute atomic E-state index is 14.6. The fraction of sp³-hybridized carbons (Fsp3) is 0.304. The minimum atomic E-state index is -0.601. The van der Waals surface area contributed by atoms with Gasteiger partial charge >= 0.3 is 0 Å². The van der Waals surface area contributed by atoms with Crippen molar-refractivity contribution in [2.24, 2.45) is 0 Å². The number of hydrogen-bond acceptors (Lipinski definition) is 6. The van der Waals surface area contributed by atoms with Gasteiger partial charge in [0.05, 0.1) is 17.4 Å². The quantitative estimate of drug-likeness (QED) is 0.366. The van der Waals surface area contributed by atoms with Crippen molar-refractivity contribution in [1.29, 1.82) is 0 Å². The molecule has 1 aromatic carbocycles. The summed E-state index contributed by atoms with van der Waals surface area (Å²) in [4.78, 5) is 23.7. The van der Waals surface area contributed by atoms with E-state index in [0.29, 0.717) is 23.1 Å². The summed E-state index contributed by atoms with van der Waals surface area (Å²) in [7, 11) is 0. The molecule has 34 heavy (non-hydrogen) atoms. The van der Waals surface area contributed by atoms with Crippen LogP contribution in [0.25, 0.3) is 22.3 Å². The van der Waals surface area contributed by atoms with E-state index >= 15 is 0 Å². The van der Waals surface area contributed by atoms with Crippen molar-refractivity contribution < 1.29 is 18.1 Å². The predicted molar refractivity (Wildman–Crippen MR) is 123 cm³/mol. The highest BCUT2D eigenvalue weighted by Crippen LogP contribution is 2.32. The smallest absolute Gasteiger partial charge is 0.290 e. The molecule has 0 bridgehead atoms. The van der Waals surface area contributed by atoms with Gasteiger partial charge < -0.3 is 20.1 Å². The molecule has 3 heterocycles. The molecule has 0 spiro atoms. The number of fused-ring (bicyclic) bond motifs is 1. The summed E-state index contributed by atoms with van der Waals surface area (Å²) >= 11 is 6.01. The number of nitrogens with one attached hydrogen (secondary N) is 3. The number of aryl methyl sites for hydroxylation is 1. The zero-order valence-electron chi connectivity index (χ0n) is 18.2. The van der Waals surface area contributed by atoms with Crippen molar-refractivity contribution >= 4 is 34.2 Å². The summed E-state index contributed by atoms with van der Waals surface area (Å²) in [6, 6.07) is 4.19. The Morgan fingerprint density at radius 1 is 1.21 bits per heavy atom. The number of rotatable bonds is 5. The number of hydrogen-bond donors (Lipinski definition) is 3. The van der Waals surface area contributed by atoms with Gasteiger partial charge in [0.2, 0.25) is 5.76 Å². The van der Waals surface area contributed by atoms with Crippen molar-refractivity contribution in [3.63, 3.8) is 0 Å². The molecular formula is C23H21ClF2N6O2. The second-order valence-electron chi connectivity index (χ2n) is 8.41. The lowest BCUT2D eigenvalue weighted by Crippen LogP contribution is -2.41. The van der Waals surface area contributed by atoms with E-state index in [1.165, 1.54) is 6.07 Å². The number of H-pyrrole nitrogens is 1. The SMILES string of the molecule is Cc1cc(C(=O)N[C@@H]2CCC[C@H](Nc3nc(-c4c[nH]c5c(F)cc(Cl)cc45)ncc3F)C2)on1. The fourth-order valence-corrected chi connectivity index (χ4v) is 4.52. The average molecular weight is 487 g/mol. The molecule has 1 aliphatic carbocycles. The lowest BCUT2D eigenvalue weighted by molar-refractivity contribution is 0.0889. The first-order valence-electron chi connectivity index (χ1n) is 10.9. The number of benzene rings is 1. The number of amides is 1. The van der Waals surface area contributed by atoms with E-state index in [1.54, 1.807) is 25.3 Å². The van der Waals surface area contributed by atoms with E-state index in [-0.39, 0.29) is 45.9 Å². The topological polar surface area (TPSA) is 109 Å². The molecule has 0 unspecified atom stereocenters. The molecule has 0 radical (unpaired) electrons. The summed E-state index contributed by atoms with van der Waals surface area (Å²) < 4.78 is 33.8. The largest absolute Gasteiger partial charge is 0.365 e. The number of aromatic amines is 1. The van der Waals surface area contributed by atoms with E-state index in [1.807, 2.05) is 0 Å². The van der Waals surface area contributed by atoms with Crippen molar-refractivity contribution in [2.75, 3.05) is 5.32 Å². The molecule has 1 amide bonds. The molecule has 11 heteroatoms. The molecule has 3 aromatic heterocycles. The maximum atomic E-state index is 14.6. The molecule has 1 saturated carbocycles. The number of carbonyl (C=O) groups excluding carboxylic acids is 1. The van der Waals surface area contributed by atoms with Gasteiger partial charge in [-0.15, -0.1) is 0 Å². The third kappa shape index (κ3) is 4.45. The van der Waals surface area contributed by atoms with Gasteiger partial charge in [-0.05, 0) is 44.7 Å². The molecule has 4 aromatic rings. The zero-order chi connectivity index (χ0) is 23.8. The predicted octanol–water partition coefficient (Wildman–Crippen LogP) is 5.01. The highest BCUT2D eigenvalue weighted by atomic mass is 35.5. The van der Waals surface area contributed by atoms with Gasteiger partial charge in [0.25, 0.3) is 5.91 Å². The van der Waals surface area contributed by atoms with Gasteiger partial charge in [0.1, 0.15) is 5.82 Å². The van der Waals surface area contributed by atoms with Crippen LogP contribution in [0.4, 0.5) is 14.6 Å². The first-order valence-corrected chi connectivity index (χ1v) is 11.2. The molecule has 3 N–H and O–H groups in total. The minimum Gasteiger partial charge on any atom is -0.365 e. The van der Waals surface area contributed by atoms with Gasteiger partial charge in [-0.3, -0.25) is 4.79 Å². The summed E-state index contributed by atoms with van der Waals surface area (Å²) in [5.41, 5.74) is 1.41. The van der Waals surface area contributed by atoms with Crippen LogP contribution >= 0.6 is 11.6 Å². The number of anilines is 1. The second-order valence-corrected chi connectivity index (χ2v) is 8.85. The van der Waals surface area contributed by atoms with Crippen LogP contribution in [0.2, 0.25) is 5.02 Å². The molecular weight excluding hydrogens is 466 g/mol. The van der Waals surface area contributed by atoms with Crippen LogP contribution in [-0.2, 0) is 0 Å². The monoisotopic (exact) mass is 486 g/mol. The summed E-state index contributed by atoms with van der Waals surface area (Å²) in [6.45, 7) is 1.74. The summed E-state index contributed by atoms with van der Waals surface area (Å²) in [5.74, 6) is -0.981. The van der Waals surface area contributed by atoms with Crippen molar-refractivity contribution in [3.8, 4) is 11.4 Å². The molecule has 1 aliphatic rings. The van der Waals surface area contributed by atoms with Gasteiger partial charge in [0, 0.05) is 40.3 Å². The Kier molecular flexibility index (Phi) is 5.91. The lowest BCUT2D eigenvalue weighted by atomic mass is 9.91. The van der Waals surface area contributed by atoms with Crippen molar-refractivity contribution in [1.82, 2.24) is 25.4 Å². The summed E-state index contributed by atoms with van der Waals surface area (Å²) in [6.07, 6.45) is 5.68. The Labute approximate surface area is 198 Å². The van der Waals surface area contributed by atoms with E-state index in [9.17, 15) is 13.6 Å². The van der Waals surface area contributed by atoms with E-state index in [4.69, 9.17) is 16.1 Å². The van der Waals surface area contributed by atoms with E-state index in [0.717, 1.165) is 25.5 Å². The molecule has 0 aliphatic heterocycles. The molecule has 2 atom stereocenters. The molecule has 176 valence electrons. The highest BCUT2D eigenvalue weighted by molar-refractivity contribution is 6.31. The normalized spacial score (nSPS) is 18.2. The Bertz CT molecular complexity index is 1370. The molecule has 1 fully saturated rings. The zero-order valence-corrected chi connectivity index (χ0v) is 18.9. The van der Waals surface area contributed by atoms with Crippen LogP contribution in [0.15, 0.2) is 35.1 Å². The minimum absolute atomic E-state index is 0.0460. The Morgan fingerprint density at radius 2 is 2.03 bits per heavy atom. The molecule has 0 saturated heterocycles. The third-order valence-electron chi connectivity index (χ3n) is 5.89. The van der Waals surface area contributed by atoms with Gasteiger partial charge in [-0.2, -0.15) is 0 Å². The Morgan fingerprint density at radius 3 is 2.82 bits per heavy atom. The third-order valence-corrected chi connectivity index (χ3v) is 6.11. The van der Waals surface area contributed by atoms with E-state index < -0.39 is 11.6 Å². The maximum Gasteiger partial charge on any atom is 0.290 e. The van der Waals surface area contributed by atoms with E-state index in [2.05, 4.69) is 30.7 Å². The first-order chi connectivity index (χ1) is 16.4. The fourth-order valence-electron chi connectivity index (χ4n) is 4.31. The van der Waals surface area contributed by atoms with Gasteiger partial charge in [-0.1, -0.05) is 16.8 Å². The first kappa shape index (κ1) is 22.3. The van der Waals surface area contributed by atoms with Crippen LogP contribution in [0.1, 0.15) is 41.9 Å². The van der Waals surface area contributed by atoms with Crippen LogP contribution in [-0.4, -0.2) is 38.1 Å². The van der Waals surface area contributed by atoms with Gasteiger partial charge in [-0.25, -0.2) is 18.7 Å². The van der Waals surface area contributed by atoms with Crippen molar-refractivity contribution in [2.45, 2.75) is 44.7 Å². The lowest BCUT2D eigenvalue weighted by Gasteiger charge is -2.30. The molecule has 5 rings (SSSR count). The van der Waals surface area contributed by atoms with Gasteiger partial charge in [0.15, 0.2) is 17.5 Å². The Hall–Kier alpha value is -3.53. The number of halogens is 3.